The van der Waals surface area contributed by atoms with Crippen molar-refractivity contribution in [2.45, 2.75) is 45.6 Å². The highest BCUT2D eigenvalue weighted by molar-refractivity contribution is 6.16. The van der Waals surface area contributed by atoms with Crippen molar-refractivity contribution in [3.05, 3.63) is 70.2 Å². The van der Waals surface area contributed by atoms with Gasteiger partial charge in [-0.05, 0) is 93.1 Å². The molecule has 3 amide bonds. The standard InChI is InChI=1S/C39H39N9O6/c1-39(2,3)54-38(52)48-10-7-19-21-12-27(44-33(21)25(42)16-31(19)48)36(50)46-8-5-17-20-11-26(43-32(20)23(40)14-29(17)46)35(49)47-9-6-18-22-13-28(37(51)53-4)45-34(22)24(41)15-30(18)47/h11-16,43-45H,5-10,40-42H2,1-4H3. The molecule has 6 aromatic rings. The normalized spacial score (nSPS) is 15.0. The first kappa shape index (κ1) is 33.2. The Balaban J connectivity index is 1.02. The Labute approximate surface area is 308 Å². The van der Waals surface area contributed by atoms with E-state index in [0.717, 1.165) is 32.8 Å². The third-order valence-corrected chi connectivity index (χ3v) is 10.7. The second kappa shape index (κ2) is 11.4. The summed E-state index contributed by atoms with van der Waals surface area (Å²) >= 11 is 0. The Morgan fingerprint density at radius 2 is 0.963 bits per heavy atom. The summed E-state index contributed by atoms with van der Waals surface area (Å²) in [6.45, 7) is 6.75. The van der Waals surface area contributed by atoms with Gasteiger partial charge in [-0.3, -0.25) is 14.5 Å². The Bertz CT molecular complexity index is 2660. The molecule has 15 nitrogen and oxygen atoms in total. The van der Waals surface area contributed by atoms with Crippen LogP contribution in [0.15, 0.2) is 36.4 Å². The molecule has 276 valence electrons. The fourth-order valence-corrected chi connectivity index (χ4v) is 8.31. The number of aromatic amines is 3. The lowest BCUT2D eigenvalue weighted by atomic mass is 10.1. The number of nitrogen functional groups attached to an aromatic ring is 3. The van der Waals surface area contributed by atoms with E-state index in [1.165, 1.54) is 7.11 Å². The minimum Gasteiger partial charge on any atom is -0.464 e. The lowest BCUT2D eigenvalue weighted by molar-refractivity contribution is 0.0578. The number of hydrogen-bond donors (Lipinski definition) is 6. The molecule has 0 saturated carbocycles. The molecule has 0 bridgehead atoms. The predicted octanol–water partition coefficient (Wildman–Crippen LogP) is 5.37. The first-order valence-corrected chi connectivity index (χ1v) is 17.8. The topological polar surface area (TPSA) is 222 Å². The molecular weight excluding hydrogens is 690 g/mol. The van der Waals surface area contributed by atoms with E-state index < -0.39 is 17.7 Å². The van der Waals surface area contributed by atoms with E-state index in [1.54, 1.807) is 51.1 Å². The second-order valence-electron chi connectivity index (χ2n) is 15.1. The fourth-order valence-electron chi connectivity index (χ4n) is 8.31. The highest BCUT2D eigenvalue weighted by Crippen LogP contribution is 2.43. The number of rotatable bonds is 3. The van der Waals surface area contributed by atoms with Crippen LogP contribution in [0.1, 0.15) is 68.9 Å². The molecule has 3 aromatic heterocycles. The van der Waals surface area contributed by atoms with Crippen molar-refractivity contribution in [1.29, 1.82) is 0 Å². The summed E-state index contributed by atoms with van der Waals surface area (Å²) in [5, 5.41) is 2.33. The van der Waals surface area contributed by atoms with Crippen molar-refractivity contribution < 1.29 is 28.7 Å². The Hall–Kier alpha value is -6.64. The number of amides is 3. The first-order chi connectivity index (χ1) is 25.7. The van der Waals surface area contributed by atoms with Gasteiger partial charge in [0.05, 0.1) is 57.8 Å². The van der Waals surface area contributed by atoms with Crippen molar-refractivity contribution in [3.8, 4) is 0 Å². The van der Waals surface area contributed by atoms with Crippen LogP contribution in [0, 0.1) is 0 Å². The number of anilines is 6. The van der Waals surface area contributed by atoms with Gasteiger partial charge in [-0.25, -0.2) is 9.59 Å². The number of fused-ring (bicyclic) bond motifs is 9. The van der Waals surface area contributed by atoms with Crippen LogP contribution < -0.4 is 31.9 Å². The number of methoxy groups -OCH3 is 1. The summed E-state index contributed by atoms with van der Waals surface area (Å²) in [4.78, 5) is 67.9. The van der Waals surface area contributed by atoms with Crippen molar-refractivity contribution in [1.82, 2.24) is 15.0 Å². The molecule has 9 N–H and O–H groups in total. The second-order valence-corrected chi connectivity index (χ2v) is 15.1. The molecule has 0 atom stereocenters. The van der Waals surface area contributed by atoms with Crippen LogP contribution in [0.4, 0.5) is 38.9 Å². The van der Waals surface area contributed by atoms with Gasteiger partial charge in [0.25, 0.3) is 11.8 Å². The molecule has 3 aromatic carbocycles. The summed E-state index contributed by atoms with van der Waals surface area (Å²) in [6, 6.07) is 10.6. The number of carbonyl (C=O) groups excluding carboxylic acids is 4. The smallest absolute Gasteiger partial charge is 0.414 e. The molecule has 0 radical (unpaired) electrons. The molecule has 0 aliphatic carbocycles. The average Bonchev–Trinajstić information content (AvgIpc) is 3.96. The minimum absolute atomic E-state index is 0.247. The van der Waals surface area contributed by atoms with Crippen LogP contribution in [-0.4, -0.2) is 71.2 Å². The van der Waals surface area contributed by atoms with E-state index in [-0.39, 0.29) is 17.5 Å². The van der Waals surface area contributed by atoms with E-state index >= 15 is 0 Å². The summed E-state index contributed by atoms with van der Waals surface area (Å²) < 4.78 is 10.5. The largest absolute Gasteiger partial charge is 0.464 e. The third-order valence-electron chi connectivity index (χ3n) is 10.7. The number of nitrogens with one attached hydrogen (secondary N) is 3. The average molecular weight is 730 g/mol. The minimum atomic E-state index is -0.646. The van der Waals surface area contributed by atoms with Crippen molar-refractivity contribution in [3.63, 3.8) is 0 Å². The van der Waals surface area contributed by atoms with Crippen LogP contribution in [0.3, 0.4) is 0 Å². The Kier molecular flexibility index (Phi) is 7.03. The fraction of sp³-hybridized carbons (Fsp3) is 0.282. The maximum Gasteiger partial charge on any atom is 0.414 e. The number of ether oxygens (including phenoxy) is 2. The summed E-state index contributed by atoms with van der Waals surface area (Å²) in [5.41, 5.74) is 27.7. The zero-order valence-corrected chi connectivity index (χ0v) is 30.2. The molecule has 0 spiro atoms. The molecule has 6 heterocycles. The number of benzene rings is 3. The van der Waals surface area contributed by atoms with Crippen LogP contribution in [-0.2, 0) is 28.7 Å². The van der Waals surface area contributed by atoms with Crippen LogP contribution in [0.25, 0.3) is 32.7 Å². The number of hydrogen-bond acceptors (Lipinski definition) is 9. The summed E-state index contributed by atoms with van der Waals surface area (Å²) in [7, 11) is 1.31. The molecule has 9 rings (SSSR count). The zero-order valence-electron chi connectivity index (χ0n) is 30.2. The molecule has 15 heteroatoms. The van der Waals surface area contributed by atoms with Gasteiger partial charge in [0, 0.05) is 35.8 Å². The van der Waals surface area contributed by atoms with Crippen molar-refractivity contribution in [2.24, 2.45) is 0 Å². The SMILES string of the molecule is COC(=O)c1cc2c3c(cc(N)c2[nH]1)N(C(=O)c1cc2c4c(cc(N)c2[nH]1)N(C(=O)c1cc2c5c(cc(N)c2[nH]1)N(C(=O)OC(C)(C)C)CC5)CC4)CC3. The van der Waals surface area contributed by atoms with Crippen molar-refractivity contribution in [2.75, 3.05) is 58.6 Å². The highest BCUT2D eigenvalue weighted by atomic mass is 16.6. The summed E-state index contributed by atoms with van der Waals surface area (Å²) in [6.07, 6.45) is 1.29. The molecule has 0 saturated heterocycles. The first-order valence-electron chi connectivity index (χ1n) is 17.8. The van der Waals surface area contributed by atoms with Gasteiger partial charge in [-0.15, -0.1) is 0 Å². The Morgan fingerprint density at radius 3 is 1.37 bits per heavy atom. The van der Waals surface area contributed by atoms with Gasteiger partial charge in [0.1, 0.15) is 22.7 Å². The number of nitrogens with zero attached hydrogens (tertiary/aromatic N) is 3. The van der Waals surface area contributed by atoms with Gasteiger partial charge in [0.15, 0.2) is 0 Å². The quantitative estimate of drug-likeness (QED) is 0.102. The van der Waals surface area contributed by atoms with Gasteiger partial charge < -0.3 is 51.4 Å². The molecular formula is C39H39N9O6. The number of esters is 1. The predicted molar refractivity (Wildman–Crippen MR) is 208 cm³/mol. The number of H-pyrrole nitrogens is 3. The van der Waals surface area contributed by atoms with Gasteiger partial charge in [-0.1, -0.05) is 0 Å². The lowest BCUT2D eigenvalue weighted by Gasteiger charge is -2.25. The van der Waals surface area contributed by atoms with E-state index in [4.69, 9.17) is 26.7 Å². The van der Waals surface area contributed by atoms with Crippen LogP contribution in [0.2, 0.25) is 0 Å². The van der Waals surface area contributed by atoms with E-state index in [1.807, 2.05) is 20.8 Å². The van der Waals surface area contributed by atoms with E-state index in [2.05, 4.69) is 15.0 Å². The van der Waals surface area contributed by atoms with Gasteiger partial charge >= 0.3 is 12.1 Å². The maximum atomic E-state index is 14.2. The monoisotopic (exact) mass is 729 g/mol. The summed E-state index contributed by atoms with van der Waals surface area (Å²) in [5.74, 6) is -1.00. The van der Waals surface area contributed by atoms with Crippen molar-refractivity contribution >= 4 is 90.7 Å². The van der Waals surface area contributed by atoms with Gasteiger partial charge in [0.2, 0.25) is 0 Å². The third kappa shape index (κ3) is 4.87. The Morgan fingerprint density at radius 1 is 0.593 bits per heavy atom. The lowest BCUT2D eigenvalue weighted by Crippen LogP contribution is -2.35. The highest BCUT2D eigenvalue weighted by Gasteiger charge is 2.35. The number of carbonyl (C=O) groups is 4. The van der Waals surface area contributed by atoms with Crippen LogP contribution in [0.5, 0.6) is 0 Å². The zero-order chi connectivity index (χ0) is 38.0. The molecule has 0 fully saturated rings. The van der Waals surface area contributed by atoms with E-state index in [9.17, 15) is 19.2 Å². The molecule has 3 aliphatic rings. The maximum absolute atomic E-state index is 14.2. The van der Waals surface area contributed by atoms with E-state index in [0.29, 0.717) is 101 Å². The molecule has 54 heavy (non-hydrogen) atoms. The van der Waals surface area contributed by atoms with Gasteiger partial charge in [-0.2, -0.15) is 0 Å². The van der Waals surface area contributed by atoms with Crippen LogP contribution >= 0.6 is 0 Å². The number of aromatic nitrogens is 3. The number of nitrogens with two attached hydrogens (primary N) is 3. The molecule has 3 aliphatic heterocycles. The molecule has 0 unspecified atom stereocenters.